The summed E-state index contributed by atoms with van der Waals surface area (Å²) in [7, 11) is 3.31. The number of amides is 2. The lowest BCUT2D eigenvalue weighted by Gasteiger charge is -2.35. The predicted octanol–water partition coefficient (Wildman–Crippen LogP) is 2.12. The summed E-state index contributed by atoms with van der Waals surface area (Å²) >= 11 is 0. The number of benzene rings is 1. The minimum Gasteiger partial charge on any atom is -0.497 e. The van der Waals surface area contributed by atoms with Crippen molar-refractivity contribution in [3.8, 4) is 5.75 Å². The molecule has 24 heavy (non-hydrogen) atoms. The summed E-state index contributed by atoms with van der Waals surface area (Å²) in [4.78, 5) is 16.7. The number of hydrogen-bond acceptors (Lipinski definition) is 4. The van der Waals surface area contributed by atoms with Crippen molar-refractivity contribution in [2.75, 3.05) is 46.9 Å². The number of nitrogens with zero attached hydrogens (tertiary/aromatic N) is 2. The Morgan fingerprint density at radius 2 is 1.79 bits per heavy atom. The number of hydrogen-bond donors (Lipinski definition) is 1. The monoisotopic (exact) mass is 335 g/mol. The quantitative estimate of drug-likeness (QED) is 0.865. The molecule has 1 fully saturated rings. The van der Waals surface area contributed by atoms with Crippen LogP contribution in [0.3, 0.4) is 0 Å². The smallest absolute Gasteiger partial charge is 0.317 e. The number of rotatable bonds is 6. The van der Waals surface area contributed by atoms with Crippen LogP contribution < -0.4 is 10.1 Å². The Labute approximate surface area is 144 Å². The molecule has 0 unspecified atom stereocenters. The molecule has 1 saturated heterocycles. The Hall–Kier alpha value is -1.79. The average molecular weight is 335 g/mol. The number of carbonyl (C=O) groups is 1. The maximum atomic E-state index is 12.5. The molecule has 1 aliphatic rings. The van der Waals surface area contributed by atoms with Gasteiger partial charge in [0.2, 0.25) is 0 Å². The Morgan fingerprint density at radius 3 is 2.29 bits per heavy atom. The highest BCUT2D eigenvalue weighted by atomic mass is 16.5. The van der Waals surface area contributed by atoms with Crippen LogP contribution >= 0.6 is 0 Å². The first kappa shape index (κ1) is 18.5. The van der Waals surface area contributed by atoms with E-state index in [-0.39, 0.29) is 18.2 Å². The summed E-state index contributed by atoms with van der Waals surface area (Å²) in [5.74, 6) is 0.805. The molecule has 1 aliphatic heterocycles. The average Bonchev–Trinajstić information content (AvgIpc) is 2.63. The number of ether oxygens (including phenoxy) is 2. The fourth-order valence-electron chi connectivity index (χ4n) is 3.05. The fraction of sp³-hybridized carbons (Fsp3) is 0.611. The number of urea groups is 1. The third-order valence-electron chi connectivity index (χ3n) is 4.61. The van der Waals surface area contributed by atoms with Crippen molar-refractivity contribution in [2.45, 2.75) is 26.0 Å². The molecule has 0 saturated carbocycles. The van der Waals surface area contributed by atoms with Gasteiger partial charge in [-0.1, -0.05) is 19.1 Å². The molecule has 1 heterocycles. The van der Waals surface area contributed by atoms with Crippen LogP contribution in [0.25, 0.3) is 0 Å². The van der Waals surface area contributed by atoms with E-state index in [1.54, 1.807) is 14.2 Å². The molecular weight excluding hydrogens is 306 g/mol. The van der Waals surface area contributed by atoms with Gasteiger partial charge in [0.05, 0.1) is 13.2 Å². The van der Waals surface area contributed by atoms with E-state index in [1.807, 2.05) is 36.1 Å². The van der Waals surface area contributed by atoms with Crippen molar-refractivity contribution in [1.82, 2.24) is 15.1 Å². The molecule has 2 amide bonds. The zero-order valence-corrected chi connectivity index (χ0v) is 15.1. The summed E-state index contributed by atoms with van der Waals surface area (Å²) in [5.41, 5.74) is 1.02. The zero-order valence-electron chi connectivity index (χ0n) is 15.1. The first-order valence-corrected chi connectivity index (χ1v) is 8.53. The van der Waals surface area contributed by atoms with E-state index < -0.39 is 0 Å². The third-order valence-corrected chi connectivity index (χ3v) is 4.61. The van der Waals surface area contributed by atoms with Crippen LogP contribution in [0.15, 0.2) is 24.3 Å². The summed E-state index contributed by atoms with van der Waals surface area (Å²) < 4.78 is 10.8. The topological polar surface area (TPSA) is 54.0 Å². The molecule has 0 spiro atoms. The summed E-state index contributed by atoms with van der Waals surface area (Å²) in [6.45, 7) is 8.57. The van der Waals surface area contributed by atoms with E-state index in [2.05, 4.69) is 17.1 Å². The lowest BCUT2D eigenvalue weighted by atomic mass is 10.0. The van der Waals surface area contributed by atoms with Crippen molar-refractivity contribution >= 4 is 6.03 Å². The molecular formula is C18H29N3O3. The van der Waals surface area contributed by atoms with Gasteiger partial charge in [-0.2, -0.15) is 0 Å². The number of nitrogens with one attached hydrogen (secondary N) is 1. The largest absolute Gasteiger partial charge is 0.497 e. The van der Waals surface area contributed by atoms with Gasteiger partial charge < -0.3 is 24.6 Å². The Bertz CT molecular complexity index is 513. The first-order valence-electron chi connectivity index (χ1n) is 8.53. The molecule has 134 valence electrons. The van der Waals surface area contributed by atoms with Crippen LogP contribution in [0.2, 0.25) is 0 Å². The van der Waals surface area contributed by atoms with Crippen LogP contribution in [-0.4, -0.2) is 68.8 Å². The van der Waals surface area contributed by atoms with E-state index in [4.69, 9.17) is 9.47 Å². The number of carbonyl (C=O) groups excluding carboxylic acids is 1. The molecule has 2 atom stereocenters. The highest BCUT2D eigenvalue weighted by molar-refractivity contribution is 5.74. The maximum absolute atomic E-state index is 12.5. The fourth-order valence-corrected chi connectivity index (χ4v) is 3.05. The molecule has 0 bridgehead atoms. The molecule has 1 aromatic rings. The van der Waals surface area contributed by atoms with Crippen molar-refractivity contribution in [3.05, 3.63) is 29.8 Å². The lowest BCUT2D eigenvalue weighted by Crippen LogP contribution is -2.53. The van der Waals surface area contributed by atoms with Gasteiger partial charge in [0.25, 0.3) is 0 Å². The van der Waals surface area contributed by atoms with Gasteiger partial charge >= 0.3 is 6.03 Å². The maximum Gasteiger partial charge on any atom is 0.317 e. The SMILES string of the molecule is CCN1CCN(C(=O)N[C@H](C)[C@H](OC)c2ccc(OC)cc2)CC1. The van der Waals surface area contributed by atoms with E-state index in [0.29, 0.717) is 0 Å². The van der Waals surface area contributed by atoms with Gasteiger partial charge in [0.1, 0.15) is 11.9 Å². The van der Waals surface area contributed by atoms with Crippen LogP contribution in [0.5, 0.6) is 5.75 Å². The standard InChI is InChI=1S/C18H29N3O3/c1-5-20-10-12-21(13-11-20)18(22)19-14(2)17(24-4)15-6-8-16(23-3)9-7-15/h6-9,14,17H,5,10-13H2,1-4H3,(H,19,22)/t14-,17+/m1/s1. The van der Waals surface area contributed by atoms with Crippen molar-refractivity contribution < 1.29 is 14.3 Å². The minimum atomic E-state index is -0.197. The second kappa shape index (κ2) is 8.89. The van der Waals surface area contributed by atoms with Crippen molar-refractivity contribution in [2.24, 2.45) is 0 Å². The predicted molar refractivity (Wildman–Crippen MR) is 94.4 cm³/mol. The molecule has 6 nitrogen and oxygen atoms in total. The summed E-state index contributed by atoms with van der Waals surface area (Å²) in [5, 5.41) is 3.07. The number of likely N-dealkylation sites (N-methyl/N-ethyl adjacent to an activating group) is 1. The van der Waals surface area contributed by atoms with E-state index in [1.165, 1.54) is 0 Å². The highest BCUT2D eigenvalue weighted by Crippen LogP contribution is 2.23. The molecule has 0 aliphatic carbocycles. The lowest BCUT2D eigenvalue weighted by molar-refractivity contribution is 0.0713. The number of methoxy groups -OCH3 is 2. The second-order valence-corrected chi connectivity index (χ2v) is 6.09. The molecule has 1 aromatic carbocycles. The minimum absolute atomic E-state index is 0.0196. The van der Waals surface area contributed by atoms with Gasteiger partial charge in [0.15, 0.2) is 0 Å². The van der Waals surface area contributed by atoms with Crippen LogP contribution in [0, 0.1) is 0 Å². The normalized spacial score (nSPS) is 18.1. The molecule has 0 aromatic heterocycles. The van der Waals surface area contributed by atoms with Gasteiger partial charge in [-0.05, 0) is 31.2 Å². The Kier molecular flexibility index (Phi) is 6.87. The first-order chi connectivity index (χ1) is 11.6. The molecule has 0 radical (unpaired) electrons. The van der Waals surface area contributed by atoms with Gasteiger partial charge in [-0.15, -0.1) is 0 Å². The molecule has 2 rings (SSSR count). The van der Waals surface area contributed by atoms with E-state index >= 15 is 0 Å². The van der Waals surface area contributed by atoms with Crippen LogP contribution in [0.4, 0.5) is 4.79 Å². The van der Waals surface area contributed by atoms with Crippen molar-refractivity contribution in [3.63, 3.8) is 0 Å². The Morgan fingerprint density at radius 1 is 1.17 bits per heavy atom. The van der Waals surface area contributed by atoms with Gasteiger partial charge in [-0.3, -0.25) is 0 Å². The zero-order chi connectivity index (χ0) is 17.5. The van der Waals surface area contributed by atoms with E-state index in [9.17, 15) is 4.79 Å². The van der Waals surface area contributed by atoms with Gasteiger partial charge in [-0.25, -0.2) is 4.79 Å². The summed E-state index contributed by atoms with van der Waals surface area (Å²) in [6.07, 6.45) is -0.197. The van der Waals surface area contributed by atoms with Gasteiger partial charge in [0, 0.05) is 33.3 Å². The van der Waals surface area contributed by atoms with Crippen LogP contribution in [0.1, 0.15) is 25.5 Å². The van der Waals surface area contributed by atoms with Crippen molar-refractivity contribution in [1.29, 1.82) is 0 Å². The molecule has 6 heteroatoms. The summed E-state index contributed by atoms with van der Waals surface area (Å²) in [6, 6.07) is 7.60. The third kappa shape index (κ3) is 4.61. The highest BCUT2D eigenvalue weighted by Gasteiger charge is 2.25. The van der Waals surface area contributed by atoms with E-state index in [0.717, 1.165) is 44.0 Å². The second-order valence-electron chi connectivity index (χ2n) is 6.09. The molecule has 1 N–H and O–H groups in total. The number of piperazine rings is 1. The Balaban J connectivity index is 1.93. The van der Waals surface area contributed by atoms with Crippen LogP contribution in [-0.2, 0) is 4.74 Å².